The summed E-state index contributed by atoms with van der Waals surface area (Å²) < 4.78 is 0. The Hall–Kier alpha value is -4.58. The Morgan fingerprint density at radius 3 is 2.61 bits per heavy atom. The topological polar surface area (TPSA) is 79.4 Å². The summed E-state index contributed by atoms with van der Waals surface area (Å²) in [5, 5.41) is 5.63. The summed E-state index contributed by atoms with van der Waals surface area (Å²) >= 11 is 0. The highest BCUT2D eigenvalue weighted by Gasteiger charge is 2.12. The number of hydrogen-bond acceptors (Lipinski definition) is 5. The summed E-state index contributed by atoms with van der Waals surface area (Å²) in [6, 6.07) is 24.6. The van der Waals surface area contributed by atoms with Crippen LogP contribution in [0, 0.1) is 0 Å². The van der Waals surface area contributed by atoms with Gasteiger partial charge in [-0.1, -0.05) is 24.3 Å². The number of aromatic amines is 1. The molecule has 0 radical (unpaired) electrons. The lowest BCUT2D eigenvalue weighted by Crippen LogP contribution is -2.05. The van der Waals surface area contributed by atoms with Crippen LogP contribution in [0.2, 0.25) is 0 Å². The zero-order chi connectivity index (χ0) is 22.0. The average molecular weight is 428 g/mol. The lowest BCUT2D eigenvalue weighted by molar-refractivity contribution is 1.03. The highest BCUT2D eigenvalue weighted by atomic mass is 15.0. The molecule has 2 aromatic carbocycles. The van der Waals surface area contributed by atoms with E-state index in [4.69, 9.17) is 9.97 Å². The third-order valence-corrected chi connectivity index (χ3v) is 5.67. The van der Waals surface area contributed by atoms with E-state index in [1.807, 2.05) is 36.5 Å². The smallest absolute Gasteiger partial charge is 0.163 e. The van der Waals surface area contributed by atoms with E-state index >= 15 is 0 Å². The highest BCUT2D eigenvalue weighted by Crippen LogP contribution is 2.31. The van der Waals surface area contributed by atoms with Gasteiger partial charge in [0.1, 0.15) is 5.82 Å². The van der Waals surface area contributed by atoms with Crippen molar-refractivity contribution in [2.24, 2.45) is 0 Å². The van der Waals surface area contributed by atoms with Crippen LogP contribution in [-0.2, 0) is 6.54 Å². The minimum atomic E-state index is 0.568. The van der Waals surface area contributed by atoms with Gasteiger partial charge in [-0.25, -0.2) is 9.97 Å². The molecule has 6 aromatic rings. The lowest BCUT2D eigenvalue weighted by Gasteiger charge is -2.12. The number of fused-ring (bicyclic) bond motifs is 2. The van der Waals surface area contributed by atoms with E-state index in [1.54, 1.807) is 18.6 Å². The van der Waals surface area contributed by atoms with Crippen LogP contribution in [0.3, 0.4) is 0 Å². The fraction of sp³-hybridized carbons (Fsp3) is 0.0370. The average Bonchev–Trinajstić information content (AvgIpc) is 3.36. The summed E-state index contributed by atoms with van der Waals surface area (Å²) in [4.78, 5) is 21.6. The second-order valence-corrected chi connectivity index (χ2v) is 7.82. The van der Waals surface area contributed by atoms with Crippen molar-refractivity contribution in [3.63, 3.8) is 0 Å². The second kappa shape index (κ2) is 8.16. The van der Waals surface area contributed by atoms with E-state index in [2.05, 4.69) is 62.7 Å². The zero-order valence-corrected chi connectivity index (χ0v) is 17.7. The first-order valence-electron chi connectivity index (χ1n) is 10.8. The molecule has 4 aromatic heterocycles. The van der Waals surface area contributed by atoms with Crippen molar-refractivity contribution in [1.29, 1.82) is 0 Å². The van der Waals surface area contributed by atoms with Gasteiger partial charge in [-0.2, -0.15) is 0 Å². The van der Waals surface area contributed by atoms with Crippen molar-refractivity contribution < 1.29 is 0 Å². The van der Waals surface area contributed by atoms with Gasteiger partial charge in [-0.3, -0.25) is 9.97 Å². The molecule has 158 valence electrons. The third-order valence-electron chi connectivity index (χ3n) is 5.67. The molecule has 0 bridgehead atoms. The molecule has 0 aliphatic rings. The maximum absolute atomic E-state index is 4.87. The zero-order valence-electron chi connectivity index (χ0n) is 17.7. The van der Waals surface area contributed by atoms with Crippen LogP contribution in [0.25, 0.3) is 44.3 Å². The van der Waals surface area contributed by atoms with Gasteiger partial charge in [-0.15, -0.1) is 0 Å². The minimum absolute atomic E-state index is 0.568. The number of anilines is 1. The number of nitrogens with zero attached hydrogens (tertiary/aromatic N) is 4. The van der Waals surface area contributed by atoms with E-state index < -0.39 is 0 Å². The maximum Gasteiger partial charge on any atom is 0.163 e. The molecule has 0 spiro atoms. The van der Waals surface area contributed by atoms with Crippen LogP contribution in [0.15, 0.2) is 97.6 Å². The van der Waals surface area contributed by atoms with Crippen LogP contribution in [0.1, 0.15) is 5.69 Å². The van der Waals surface area contributed by atoms with E-state index in [0.29, 0.717) is 12.4 Å². The van der Waals surface area contributed by atoms with Crippen molar-refractivity contribution in [2.45, 2.75) is 6.54 Å². The first kappa shape index (κ1) is 19.1. The number of H-pyrrole nitrogens is 1. The van der Waals surface area contributed by atoms with Crippen LogP contribution < -0.4 is 5.32 Å². The maximum atomic E-state index is 4.87. The number of aromatic nitrogens is 5. The Morgan fingerprint density at radius 1 is 0.788 bits per heavy atom. The van der Waals surface area contributed by atoms with E-state index in [1.165, 1.54) is 5.39 Å². The van der Waals surface area contributed by atoms with E-state index in [9.17, 15) is 0 Å². The molecule has 0 aliphatic carbocycles. The van der Waals surface area contributed by atoms with Gasteiger partial charge < -0.3 is 10.3 Å². The molecule has 4 heterocycles. The van der Waals surface area contributed by atoms with Crippen molar-refractivity contribution >= 4 is 27.6 Å². The number of nitrogens with one attached hydrogen (secondary N) is 2. The summed E-state index contributed by atoms with van der Waals surface area (Å²) in [6.07, 6.45) is 7.29. The molecular weight excluding hydrogens is 408 g/mol. The van der Waals surface area contributed by atoms with Gasteiger partial charge in [0.2, 0.25) is 0 Å². The molecule has 0 fully saturated rings. The van der Waals surface area contributed by atoms with Crippen LogP contribution in [-0.4, -0.2) is 24.9 Å². The quantitative estimate of drug-likeness (QED) is 0.360. The largest absolute Gasteiger partial charge is 0.364 e. The normalized spacial score (nSPS) is 11.2. The van der Waals surface area contributed by atoms with Crippen LogP contribution in [0.5, 0.6) is 0 Å². The third kappa shape index (κ3) is 3.78. The SMILES string of the molecule is c1ccc(CNc2nc(-c3cccnc3)nc3ccc(-c4ccc5cc[nH]c5c4)cc23)nc1. The number of benzene rings is 2. The number of pyridine rings is 2. The predicted molar refractivity (Wildman–Crippen MR) is 132 cm³/mol. The van der Waals surface area contributed by atoms with Crippen LogP contribution in [0.4, 0.5) is 5.82 Å². The Kier molecular flexibility index (Phi) is 4.73. The molecule has 6 heteroatoms. The molecular formula is C27H20N6. The molecule has 33 heavy (non-hydrogen) atoms. The van der Waals surface area contributed by atoms with E-state index in [-0.39, 0.29) is 0 Å². The van der Waals surface area contributed by atoms with Gasteiger partial charge in [0.25, 0.3) is 0 Å². The number of hydrogen-bond donors (Lipinski definition) is 2. The van der Waals surface area contributed by atoms with Gasteiger partial charge in [-0.05, 0) is 65.0 Å². The van der Waals surface area contributed by atoms with Crippen LogP contribution >= 0.6 is 0 Å². The summed E-state index contributed by atoms with van der Waals surface area (Å²) in [6.45, 7) is 0.568. The second-order valence-electron chi connectivity index (χ2n) is 7.82. The molecule has 2 N–H and O–H groups in total. The Balaban J connectivity index is 1.47. The standard InChI is InChI=1S/C27H20N6/c1-2-12-29-22(5-1)17-31-27-23-14-19(20-7-6-18-10-13-30-25(18)15-20)8-9-24(23)32-26(33-27)21-4-3-11-28-16-21/h1-16,30H,17H2,(H,31,32,33). The van der Waals surface area contributed by atoms with Gasteiger partial charge in [0.15, 0.2) is 5.82 Å². The Bertz CT molecular complexity index is 1560. The molecule has 0 amide bonds. The molecule has 0 saturated heterocycles. The summed E-state index contributed by atoms with van der Waals surface area (Å²) in [7, 11) is 0. The first-order valence-corrected chi connectivity index (χ1v) is 10.8. The van der Waals surface area contributed by atoms with E-state index in [0.717, 1.165) is 44.6 Å². The summed E-state index contributed by atoms with van der Waals surface area (Å²) in [5.41, 5.74) is 6.06. The predicted octanol–water partition coefficient (Wildman–Crippen LogP) is 5.85. The summed E-state index contributed by atoms with van der Waals surface area (Å²) in [5.74, 6) is 1.41. The van der Waals surface area contributed by atoms with Crippen molar-refractivity contribution in [3.05, 3.63) is 103 Å². The molecule has 0 unspecified atom stereocenters. The van der Waals surface area contributed by atoms with Gasteiger partial charge >= 0.3 is 0 Å². The Morgan fingerprint density at radius 2 is 1.73 bits per heavy atom. The minimum Gasteiger partial charge on any atom is -0.364 e. The van der Waals surface area contributed by atoms with Crippen molar-refractivity contribution in [1.82, 2.24) is 24.9 Å². The molecule has 6 nitrogen and oxygen atoms in total. The fourth-order valence-electron chi connectivity index (χ4n) is 3.97. The number of rotatable bonds is 5. The lowest BCUT2D eigenvalue weighted by atomic mass is 10.0. The van der Waals surface area contributed by atoms with Crippen molar-refractivity contribution in [2.75, 3.05) is 5.32 Å². The molecule has 6 rings (SSSR count). The fourth-order valence-corrected chi connectivity index (χ4v) is 3.97. The molecule has 0 aliphatic heterocycles. The molecule has 0 saturated carbocycles. The van der Waals surface area contributed by atoms with Crippen molar-refractivity contribution in [3.8, 4) is 22.5 Å². The molecule has 0 atom stereocenters. The first-order chi connectivity index (χ1) is 16.3. The highest BCUT2D eigenvalue weighted by molar-refractivity contribution is 5.95. The van der Waals surface area contributed by atoms with Gasteiger partial charge in [0, 0.05) is 41.3 Å². The van der Waals surface area contributed by atoms with Gasteiger partial charge in [0.05, 0.1) is 17.8 Å². The Labute approximate surface area is 190 Å². The monoisotopic (exact) mass is 428 g/mol.